The van der Waals surface area contributed by atoms with E-state index in [2.05, 4.69) is 22.0 Å². The zero-order valence-electron chi connectivity index (χ0n) is 17.6. The Balaban J connectivity index is 0.00000218. The fourth-order valence-electron chi connectivity index (χ4n) is 6.22. The Labute approximate surface area is 174 Å². The molecule has 29 heavy (non-hydrogen) atoms. The predicted molar refractivity (Wildman–Crippen MR) is 116 cm³/mol. The van der Waals surface area contributed by atoms with Crippen LogP contribution in [0.4, 0.5) is 10.1 Å². The molecule has 0 aromatic heterocycles. The van der Waals surface area contributed by atoms with E-state index in [0.29, 0.717) is 6.54 Å². The quantitative estimate of drug-likeness (QED) is 0.725. The molecule has 1 amide bonds. The molecule has 2 heterocycles. The molecular weight excluding hydrogens is 365 g/mol. The number of carbonyl (C=O) groups excluding carboxylic acids is 1. The number of hydrogen-bond donors (Lipinski definition) is 0. The number of carbonyl (C=O) groups is 1. The predicted octanol–water partition coefficient (Wildman–Crippen LogP) is 3.53. The van der Waals surface area contributed by atoms with Crippen molar-refractivity contribution in [3.8, 4) is 0 Å². The standard InChI is InChI=1S/C24H32FN3O.H2/c1-26(2)23(29)15-28-16-24(21-13-20(25)5-6-22(21)28)7-9-27(10-8-24)14-19-12-17-3-4-18(19)11-17;/h3-6,13,17-19H,7-12,14-16H2,1-2H3;1H/t17-,18?,19+;/m0./s1. The maximum Gasteiger partial charge on any atom is 0.241 e. The van der Waals surface area contributed by atoms with Crippen LogP contribution in [0.2, 0.25) is 0 Å². The van der Waals surface area contributed by atoms with Crippen molar-refractivity contribution in [2.75, 3.05) is 51.7 Å². The lowest BCUT2D eigenvalue weighted by atomic mass is 9.74. The van der Waals surface area contributed by atoms with E-state index in [-0.39, 0.29) is 18.6 Å². The lowest BCUT2D eigenvalue weighted by Crippen LogP contribution is -2.47. The van der Waals surface area contributed by atoms with Gasteiger partial charge in [0.2, 0.25) is 5.91 Å². The number of allylic oxidation sites excluding steroid dienone is 2. The van der Waals surface area contributed by atoms with Gasteiger partial charge in [-0.2, -0.15) is 0 Å². The molecule has 5 heteroatoms. The molecule has 4 aliphatic rings. The third-order valence-corrected chi connectivity index (χ3v) is 7.91. The maximum absolute atomic E-state index is 14.1. The van der Waals surface area contributed by atoms with Crippen molar-refractivity contribution in [2.45, 2.75) is 31.1 Å². The van der Waals surface area contributed by atoms with Crippen molar-refractivity contribution in [2.24, 2.45) is 17.8 Å². The first kappa shape index (κ1) is 19.1. The summed E-state index contributed by atoms with van der Waals surface area (Å²) in [6.07, 6.45) is 9.68. The third kappa shape index (κ3) is 3.37. The van der Waals surface area contributed by atoms with Gasteiger partial charge >= 0.3 is 0 Å². The van der Waals surface area contributed by atoms with Crippen LogP contribution < -0.4 is 4.90 Å². The van der Waals surface area contributed by atoms with Gasteiger partial charge in [0.15, 0.2) is 0 Å². The van der Waals surface area contributed by atoms with Crippen LogP contribution >= 0.6 is 0 Å². The molecule has 2 fully saturated rings. The van der Waals surface area contributed by atoms with E-state index >= 15 is 0 Å². The van der Waals surface area contributed by atoms with Crippen molar-refractivity contribution in [3.05, 3.63) is 41.7 Å². The molecule has 2 bridgehead atoms. The highest BCUT2D eigenvalue weighted by Crippen LogP contribution is 2.48. The normalized spacial score (nSPS) is 29.6. The number of piperidine rings is 1. The minimum atomic E-state index is -0.167. The lowest BCUT2D eigenvalue weighted by Gasteiger charge is -2.41. The molecule has 1 saturated carbocycles. The van der Waals surface area contributed by atoms with Crippen LogP contribution in [0, 0.1) is 23.6 Å². The molecule has 3 atom stereocenters. The summed E-state index contributed by atoms with van der Waals surface area (Å²) in [5.41, 5.74) is 2.15. The van der Waals surface area contributed by atoms with Crippen LogP contribution in [0.1, 0.15) is 32.7 Å². The van der Waals surface area contributed by atoms with Crippen LogP contribution in [0.15, 0.2) is 30.4 Å². The number of fused-ring (bicyclic) bond motifs is 4. The molecule has 1 aromatic carbocycles. The number of halogens is 1. The summed E-state index contributed by atoms with van der Waals surface area (Å²) in [6.45, 7) is 4.55. The number of hydrogen-bond acceptors (Lipinski definition) is 3. The van der Waals surface area contributed by atoms with E-state index in [1.54, 1.807) is 25.1 Å². The largest absolute Gasteiger partial charge is 0.361 e. The number of benzene rings is 1. The second-order valence-corrected chi connectivity index (χ2v) is 9.93. The summed E-state index contributed by atoms with van der Waals surface area (Å²) >= 11 is 0. The monoisotopic (exact) mass is 399 g/mol. The van der Waals surface area contributed by atoms with Gasteiger partial charge in [0, 0.05) is 39.7 Å². The molecule has 1 saturated heterocycles. The molecule has 0 N–H and O–H groups in total. The minimum absolute atomic E-state index is 0. The fourth-order valence-corrected chi connectivity index (χ4v) is 6.22. The molecule has 0 radical (unpaired) electrons. The first-order chi connectivity index (χ1) is 13.9. The molecule has 1 unspecified atom stereocenters. The highest BCUT2D eigenvalue weighted by molar-refractivity contribution is 5.82. The third-order valence-electron chi connectivity index (χ3n) is 7.91. The van der Waals surface area contributed by atoms with Crippen molar-refractivity contribution in [3.63, 3.8) is 0 Å². The van der Waals surface area contributed by atoms with Crippen LogP contribution in [-0.2, 0) is 10.2 Å². The number of amides is 1. The summed E-state index contributed by atoms with van der Waals surface area (Å²) in [6, 6.07) is 5.13. The first-order valence-corrected chi connectivity index (χ1v) is 11.1. The van der Waals surface area contributed by atoms with Gasteiger partial charge in [0.05, 0.1) is 6.54 Å². The van der Waals surface area contributed by atoms with Gasteiger partial charge in [-0.1, -0.05) is 12.2 Å². The molecule has 158 valence electrons. The number of nitrogens with zero attached hydrogens (tertiary/aromatic N) is 3. The van der Waals surface area contributed by atoms with Gasteiger partial charge in [-0.3, -0.25) is 4.79 Å². The molecule has 2 aliphatic heterocycles. The van der Waals surface area contributed by atoms with E-state index < -0.39 is 0 Å². The number of rotatable bonds is 4. The maximum atomic E-state index is 14.1. The molecule has 1 aromatic rings. The van der Waals surface area contributed by atoms with Crippen molar-refractivity contribution in [1.29, 1.82) is 0 Å². The molecular formula is C24H34FN3O. The van der Waals surface area contributed by atoms with Crippen LogP contribution in [0.5, 0.6) is 0 Å². The lowest BCUT2D eigenvalue weighted by molar-refractivity contribution is -0.127. The Morgan fingerprint density at radius 1 is 1.24 bits per heavy atom. The zero-order valence-corrected chi connectivity index (χ0v) is 17.6. The molecule has 1 spiro atoms. The Morgan fingerprint density at radius 2 is 2.03 bits per heavy atom. The molecule has 5 rings (SSSR count). The number of anilines is 1. The summed E-state index contributed by atoms with van der Waals surface area (Å²) < 4.78 is 14.1. The Morgan fingerprint density at radius 3 is 2.69 bits per heavy atom. The van der Waals surface area contributed by atoms with Gasteiger partial charge < -0.3 is 14.7 Å². The van der Waals surface area contributed by atoms with E-state index in [9.17, 15) is 9.18 Å². The van der Waals surface area contributed by atoms with Gasteiger partial charge in [-0.05, 0) is 80.3 Å². The Hall–Kier alpha value is -1.88. The van der Waals surface area contributed by atoms with E-state index in [1.165, 1.54) is 25.5 Å². The van der Waals surface area contributed by atoms with Gasteiger partial charge in [-0.15, -0.1) is 0 Å². The summed E-state index contributed by atoms with van der Waals surface area (Å²) in [5.74, 6) is 2.37. The highest BCUT2D eigenvalue weighted by Gasteiger charge is 2.46. The summed E-state index contributed by atoms with van der Waals surface area (Å²) in [5, 5.41) is 0. The number of likely N-dealkylation sites (N-methyl/N-ethyl adjacent to an activating group) is 1. The average molecular weight is 400 g/mol. The SMILES string of the molecule is CN(C)C(=O)CN1CC2(CCN(C[C@H]3C[C@H]4C=CC3C4)CC2)c2cc(F)ccc21.[HH]. The Kier molecular flexibility index (Phi) is 4.69. The number of likely N-dealkylation sites (tertiary alicyclic amines) is 1. The topological polar surface area (TPSA) is 26.8 Å². The minimum Gasteiger partial charge on any atom is -0.361 e. The smallest absolute Gasteiger partial charge is 0.241 e. The Bertz CT molecular complexity index is 834. The van der Waals surface area contributed by atoms with E-state index in [1.807, 2.05) is 6.07 Å². The van der Waals surface area contributed by atoms with Crippen LogP contribution in [0.25, 0.3) is 0 Å². The highest BCUT2D eigenvalue weighted by atomic mass is 19.1. The van der Waals surface area contributed by atoms with Gasteiger partial charge in [0.1, 0.15) is 5.82 Å². The van der Waals surface area contributed by atoms with Gasteiger partial charge in [0.25, 0.3) is 0 Å². The van der Waals surface area contributed by atoms with E-state index in [4.69, 9.17) is 0 Å². The van der Waals surface area contributed by atoms with Crippen molar-refractivity contribution >= 4 is 11.6 Å². The van der Waals surface area contributed by atoms with Crippen LogP contribution in [0.3, 0.4) is 0 Å². The molecule has 2 aliphatic carbocycles. The molecule has 4 nitrogen and oxygen atoms in total. The van der Waals surface area contributed by atoms with Crippen molar-refractivity contribution < 1.29 is 10.6 Å². The zero-order chi connectivity index (χ0) is 20.2. The second-order valence-electron chi connectivity index (χ2n) is 9.93. The first-order valence-electron chi connectivity index (χ1n) is 11.1. The summed E-state index contributed by atoms with van der Waals surface area (Å²) in [4.78, 5) is 18.8. The fraction of sp³-hybridized carbons (Fsp3) is 0.625. The van der Waals surface area contributed by atoms with Gasteiger partial charge in [-0.25, -0.2) is 4.39 Å². The van der Waals surface area contributed by atoms with Crippen LogP contribution in [-0.4, -0.2) is 62.5 Å². The van der Waals surface area contributed by atoms with E-state index in [0.717, 1.165) is 61.5 Å². The van der Waals surface area contributed by atoms with Crippen molar-refractivity contribution in [1.82, 2.24) is 9.80 Å². The second kappa shape index (κ2) is 7.12. The summed E-state index contributed by atoms with van der Waals surface area (Å²) in [7, 11) is 3.59. The average Bonchev–Trinajstić information content (AvgIpc) is 3.38.